The van der Waals surface area contributed by atoms with Crippen molar-refractivity contribution in [3.63, 3.8) is 0 Å². The van der Waals surface area contributed by atoms with Gasteiger partial charge in [-0.05, 0) is 5.43 Å². The molecule has 44 valence electrons. The number of hydrogen-bond acceptors (Lipinski definition) is 4. The molecule has 0 saturated heterocycles. The standard InChI is InChI=1S/C3H6N3O2/c1-8-3(7)2-5-6-4/h5H,2H2,1H3/q+1. The van der Waals surface area contributed by atoms with Gasteiger partial charge in [0.25, 0.3) is 5.39 Å². The fourth-order valence-electron chi connectivity index (χ4n) is 0.172. The van der Waals surface area contributed by atoms with Crippen LogP contribution in [0.5, 0.6) is 0 Å². The molecule has 0 bridgehead atoms. The van der Waals surface area contributed by atoms with Crippen LogP contribution >= 0.6 is 0 Å². The van der Waals surface area contributed by atoms with Crippen molar-refractivity contribution < 1.29 is 9.53 Å². The van der Waals surface area contributed by atoms with Crippen molar-refractivity contribution in [3.8, 4) is 0 Å². The zero-order chi connectivity index (χ0) is 6.41. The van der Waals surface area contributed by atoms with E-state index < -0.39 is 5.97 Å². The first kappa shape index (κ1) is 6.69. The summed E-state index contributed by atoms with van der Waals surface area (Å²) < 4.78 is 4.18. The van der Waals surface area contributed by atoms with E-state index in [1.165, 1.54) is 7.11 Å². The fourth-order valence-corrected chi connectivity index (χ4v) is 0.172. The molecule has 0 radical (unpaired) electrons. The number of carbonyl (C=O) groups is 1. The maximum atomic E-state index is 10.1. The smallest absolute Gasteiger partial charge is 0.332 e. The van der Waals surface area contributed by atoms with Crippen molar-refractivity contribution in [2.75, 3.05) is 13.7 Å². The highest BCUT2D eigenvalue weighted by Crippen LogP contribution is 1.67. The molecular weight excluding hydrogens is 110 g/mol. The third-order valence-corrected chi connectivity index (χ3v) is 0.522. The first-order valence-electron chi connectivity index (χ1n) is 1.95. The summed E-state index contributed by atoms with van der Waals surface area (Å²) in [5.74, 6) is -0.470. The molecule has 0 amide bonds. The van der Waals surface area contributed by atoms with Crippen LogP contribution in [-0.4, -0.2) is 19.6 Å². The molecule has 1 N–H and O–H groups in total. The minimum atomic E-state index is -0.470. The van der Waals surface area contributed by atoms with Gasteiger partial charge in [0.1, 0.15) is 0 Å². The zero-order valence-corrected chi connectivity index (χ0v) is 4.42. The Hall–Kier alpha value is -1.31. The second-order valence-corrected chi connectivity index (χ2v) is 1.01. The van der Waals surface area contributed by atoms with Crippen molar-refractivity contribution in [1.82, 2.24) is 5.43 Å². The molecule has 0 heterocycles. The van der Waals surface area contributed by atoms with E-state index in [0.29, 0.717) is 0 Å². The second-order valence-electron chi connectivity index (χ2n) is 1.01. The lowest BCUT2D eigenvalue weighted by atomic mass is 10.7. The molecule has 5 heteroatoms. The Kier molecular flexibility index (Phi) is 3.23. The van der Waals surface area contributed by atoms with Crippen LogP contribution in [0, 0.1) is 5.39 Å². The van der Waals surface area contributed by atoms with E-state index in [4.69, 9.17) is 5.39 Å². The van der Waals surface area contributed by atoms with Gasteiger partial charge in [-0.25, -0.2) is 4.79 Å². The molecule has 0 aliphatic carbocycles. The number of rotatable bonds is 2. The lowest BCUT2D eigenvalue weighted by Crippen LogP contribution is -2.17. The Bertz CT molecular complexity index is 116. The highest BCUT2D eigenvalue weighted by molar-refractivity contribution is 5.71. The van der Waals surface area contributed by atoms with Crippen LogP contribution in [0.25, 0.3) is 5.08 Å². The average molecular weight is 116 g/mol. The molecule has 0 rings (SSSR count). The second kappa shape index (κ2) is 3.87. The molecule has 0 atom stereocenters. The molecule has 0 unspecified atom stereocenters. The van der Waals surface area contributed by atoms with Gasteiger partial charge in [0.05, 0.1) is 7.11 Å². The minimum Gasteiger partial charge on any atom is -0.468 e. The van der Waals surface area contributed by atoms with Gasteiger partial charge in [-0.2, -0.15) is 0 Å². The summed E-state index contributed by atoms with van der Waals surface area (Å²) in [5.41, 5.74) is 2.00. The number of methoxy groups -OCH3 is 1. The number of carbonyl (C=O) groups excluding carboxylic acids is 1. The van der Waals surface area contributed by atoms with E-state index in [9.17, 15) is 4.79 Å². The molecule has 0 saturated carbocycles. The van der Waals surface area contributed by atoms with Crippen molar-refractivity contribution >= 4 is 5.97 Å². The highest BCUT2D eigenvalue weighted by atomic mass is 16.5. The van der Waals surface area contributed by atoms with Crippen molar-refractivity contribution in [3.05, 3.63) is 5.08 Å². The van der Waals surface area contributed by atoms with Crippen molar-refractivity contribution in [2.45, 2.75) is 0 Å². The number of diazo groups is 1. The van der Waals surface area contributed by atoms with E-state index in [0.717, 1.165) is 0 Å². The van der Waals surface area contributed by atoms with Gasteiger partial charge in [-0.1, -0.05) is 0 Å². The molecule has 8 heavy (non-hydrogen) atoms. The topological polar surface area (TPSA) is 66.5 Å². The first-order valence-corrected chi connectivity index (χ1v) is 1.95. The van der Waals surface area contributed by atoms with Gasteiger partial charge in [-0.3, -0.25) is 0 Å². The molecule has 0 aromatic rings. The molecule has 5 nitrogen and oxygen atoms in total. The number of hydrogen-bond donors (Lipinski definition) is 1. The summed E-state index contributed by atoms with van der Waals surface area (Å²) in [4.78, 5) is 10.1. The van der Waals surface area contributed by atoms with Crippen LogP contribution < -0.4 is 5.43 Å². The molecule has 0 aliphatic rings. The highest BCUT2D eigenvalue weighted by Gasteiger charge is 2.00. The van der Waals surface area contributed by atoms with Crippen LogP contribution in [0.15, 0.2) is 0 Å². The van der Waals surface area contributed by atoms with Crippen molar-refractivity contribution in [2.24, 2.45) is 0 Å². The maximum absolute atomic E-state index is 10.1. The zero-order valence-electron chi connectivity index (χ0n) is 4.42. The Morgan fingerprint density at radius 2 is 2.62 bits per heavy atom. The van der Waals surface area contributed by atoms with Gasteiger partial charge in [0.15, 0.2) is 6.54 Å². The van der Waals surface area contributed by atoms with Crippen LogP contribution in [0.2, 0.25) is 0 Å². The lowest BCUT2D eigenvalue weighted by molar-refractivity contribution is -0.139. The monoisotopic (exact) mass is 116 g/mol. The van der Waals surface area contributed by atoms with Crippen LogP contribution in [0.1, 0.15) is 0 Å². The molecule has 0 aromatic heterocycles. The van der Waals surface area contributed by atoms with E-state index in [1.54, 1.807) is 0 Å². The Balaban J connectivity index is 3.15. The summed E-state index contributed by atoms with van der Waals surface area (Å²) in [5, 5.41) is 10.2. The van der Waals surface area contributed by atoms with Crippen LogP contribution in [0.3, 0.4) is 0 Å². The van der Waals surface area contributed by atoms with Gasteiger partial charge in [0.2, 0.25) is 0 Å². The van der Waals surface area contributed by atoms with E-state index in [1.807, 2.05) is 5.43 Å². The Morgan fingerprint density at radius 1 is 2.00 bits per heavy atom. The predicted octanol–water partition coefficient (Wildman–Crippen LogP) is -0.483. The average Bonchev–Trinajstić information content (AvgIpc) is 1.83. The molecule has 0 aromatic carbocycles. The summed E-state index contributed by atoms with van der Waals surface area (Å²) in [6.45, 7) is -0.104. The number of nitrogens with one attached hydrogen (secondary N) is 1. The largest absolute Gasteiger partial charge is 0.468 e. The SMILES string of the molecule is COC(=O)CN[N+]#N. The summed E-state index contributed by atoms with van der Waals surface area (Å²) in [6.07, 6.45) is 0. The summed E-state index contributed by atoms with van der Waals surface area (Å²) in [6, 6.07) is 0. The molecular formula is C3H6N3O2+. The summed E-state index contributed by atoms with van der Waals surface area (Å²) >= 11 is 0. The Morgan fingerprint density at radius 3 is 3.00 bits per heavy atom. The van der Waals surface area contributed by atoms with Crippen LogP contribution in [0.4, 0.5) is 0 Å². The number of nitrogens with zero attached hydrogens (tertiary/aromatic N) is 2. The number of esters is 1. The maximum Gasteiger partial charge on any atom is 0.332 e. The van der Waals surface area contributed by atoms with Gasteiger partial charge in [-0.15, -0.1) is 0 Å². The van der Waals surface area contributed by atoms with Gasteiger partial charge < -0.3 is 4.74 Å². The predicted molar refractivity (Wildman–Crippen MR) is 25.1 cm³/mol. The number of ether oxygens (including phenoxy) is 1. The van der Waals surface area contributed by atoms with E-state index >= 15 is 0 Å². The van der Waals surface area contributed by atoms with Gasteiger partial charge >= 0.3 is 11.1 Å². The third-order valence-electron chi connectivity index (χ3n) is 0.522. The summed E-state index contributed by atoms with van der Waals surface area (Å²) in [7, 11) is 1.25. The normalized spacial score (nSPS) is 7.00. The van der Waals surface area contributed by atoms with Crippen LogP contribution in [-0.2, 0) is 9.53 Å². The fraction of sp³-hybridized carbons (Fsp3) is 0.667. The lowest BCUT2D eigenvalue weighted by Gasteiger charge is -1.87. The van der Waals surface area contributed by atoms with Crippen molar-refractivity contribution in [1.29, 1.82) is 5.39 Å². The van der Waals surface area contributed by atoms with Gasteiger partial charge in [0, 0.05) is 0 Å². The molecule has 0 aliphatic heterocycles. The quantitative estimate of drug-likeness (QED) is 0.300. The molecule has 0 fully saturated rings. The van der Waals surface area contributed by atoms with E-state index in [2.05, 4.69) is 9.82 Å². The Labute approximate surface area is 46.2 Å². The minimum absolute atomic E-state index is 0.104. The first-order chi connectivity index (χ1) is 3.81. The molecule has 0 spiro atoms. The third kappa shape index (κ3) is 2.90. The van der Waals surface area contributed by atoms with E-state index in [-0.39, 0.29) is 6.54 Å².